The second-order valence-corrected chi connectivity index (χ2v) is 3.83. The Morgan fingerprint density at radius 2 is 2.06 bits per heavy atom. The predicted octanol–water partition coefficient (Wildman–Crippen LogP) is 1.69. The van der Waals surface area contributed by atoms with E-state index in [9.17, 15) is 9.90 Å². The molecule has 0 fully saturated rings. The molecule has 0 aliphatic heterocycles. The number of methoxy groups -OCH3 is 1. The molecular weight excluding hydrogens is 256 g/mol. The highest BCUT2D eigenvalue weighted by molar-refractivity contribution is 6.17. The zero-order valence-electron chi connectivity index (χ0n) is 9.63. The fraction of sp³-hybridized carbons (Fsp3) is 0.167. The molecule has 0 atom stereocenters. The molecule has 1 aromatic carbocycles. The molecule has 0 radical (unpaired) electrons. The van der Waals surface area contributed by atoms with E-state index in [1.807, 2.05) is 0 Å². The Morgan fingerprint density at radius 1 is 1.39 bits per heavy atom. The van der Waals surface area contributed by atoms with Crippen molar-refractivity contribution in [1.82, 2.24) is 9.78 Å². The molecule has 0 bridgehead atoms. The van der Waals surface area contributed by atoms with Crippen molar-refractivity contribution >= 4 is 11.6 Å². The molecule has 0 aliphatic carbocycles. The largest absolute Gasteiger partial charge is 0.506 e. The number of hydrogen-bond acceptors (Lipinski definition) is 4. The molecule has 5 nitrogen and oxygen atoms in total. The van der Waals surface area contributed by atoms with Gasteiger partial charge in [-0.1, -0.05) is 0 Å². The Hall–Kier alpha value is -2.01. The third-order valence-electron chi connectivity index (χ3n) is 2.43. The van der Waals surface area contributed by atoms with Gasteiger partial charge in [0.05, 0.1) is 18.7 Å². The predicted molar refractivity (Wildman–Crippen MR) is 67.6 cm³/mol. The first kappa shape index (κ1) is 12.4. The average Bonchev–Trinajstić information content (AvgIpc) is 2.39. The van der Waals surface area contributed by atoms with Crippen LogP contribution < -0.4 is 10.3 Å². The summed E-state index contributed by atoms with van der Waals surface area (Å²) in [5, 5.41) is 13.5. The fourth-order valence-electron chi connectivity index (χ4n) is 1.49. The van der Waals surface area contributed by atoms with E-state index in [4.69, 9.17) is 16.3 Å². The van der Waals surface area contributed by atoms with Crippen LogP contribution in [0.1, 0.15) is 5.69 Å². The molecule has 0 unspecified atom stereocenters. The second kappa shape index (κ2) is 5.10. The van der Waals surface area contributed by atoms with Crippen molar-refractivity contribution in [1.29, 1.82) is 0 Å². The summed E-state index contributed by atoms with van der Waals surface area (Å²) in [6.07, 6.45) is 0. The maximum Gasteiger partial charge on any atom is 0.275 e. The van der Waals surface area contributed by atoms with Gasteiger partial charge in [-0.3, -0.25) is 4.79 Å². The lowest BCUT2D eigenvalue weighted by atomic mass is 10.3. The summed E-state index contributed by atoms with van der Waals surface area (Å²) in [7, 11) is 1.56. The summed E-state index contributed by atoms with van der Waals surface area (Å²) in [4.78, 5) is 11.7. The average molecular weight is 267 g/mol. The van der Waals surface area contributed by atoms with E-state index in [0.29, 0.717) is 11.4 Å². The quantitative estimate of drug-likeness (QED) is 0.859. The van der Waals surface area contributed by atoms with Crippen LogP contribution in [0, 0.1) is 0 Å². The lowest BCUT2D eigenvalue weighted by Gasteiger charge is -2.07. The Balaban J connectivity index is 2.52. The van der Waals surface area contributed by atoms with Crippen LogP contribution in [0.25, 0.3) is 5.69 Å². The SMILES string of the molecule is COc1ccc(-n2nc(CCl)c(O)cc2=O)cc1. The summed E-state index contributed by atoms with van der Waals surface area (Å²) >= 11 is 5.63. The van der Waals surface area contributed by atoms with Crippen molar-refractivity contribution in [3.05, 3.63) is 46.4 Å². The van der Waals surface area contributed by atoms with Crippen LogP contribution in [0.15, 0.2) is 35.1 Å². The van der Waals surface area contributed by atoms with Crippen molar-refractivity contribution in [2.24, 2.45) is 0 Å². The smallest absolute Gasteiger partial charge is 0.275 e. The Bertz CT molecular complexity index is 608. The third-order valence-corrected chi connectivity index (χ3v) is 2.68. The van der Waals surface area contributed by atoms with Crippen LogP contribution in [-0.4, -0.2) is 22.0 Å². The number of ether oxygens (including phenoxy) is 1. The normalized spacial score (nSPS) is 10.3. The fourth-order valence-corrected chi connectivity index (χ4v) is 1.68. The van der Waals surface area contributed by atoms with Crippen LogP contribution in [0.3, 0.4) is 0 Å². The van der Waals surface area contributed by atoms with Gasteiger partial charge >= 0.3 is 0 Å². The lowest BCUT2D eigenvalue weighted by Crippen LogP contribution is -2.21. The minimum absolute atomic E-state index is 0.0300. The van der Waals surface area contributed by atoms with Gasteiger partial charge in [-0.05, 0) is 24.3 Å². The van der Waals surface area contributed by atoms with Gasteiger partial charge in [0.1, 0.15) is 17.2 Å². The topological polar surface area (TPSA) is 64.3 Å². The van der Waals surface area contributed by atoms with Crippen LogP contribution >= 0.6 is 11.6 Å². The zero-order chi connectivity index (χ0) is 13.1. The van der Waals surface area contributed by atoms with Gasteiger partial charge in [0.15, 0.2) is 0 Å². The Labute approximate surface area is 108 Å². The molecule has 1 heterocycles. The van der Waals surface area contributed by atoms with Gasteiger partial charge in [-0.25, -0.2) is 0 Å². The molecule has 0 saturated carbocycles. The van der Waals surface area contributed by atoms with E-state index in [-0.39, 0.29) is 17.3 Å². The van der Waals surface area contributed by atoms with Crippen molar-refractivity contribution < 1.29 is 9.84 Å². The first-order valence-corrected chi connectivity index (χ1v) is 5.71. The first-order chi connectivity index (χ1) is 8.65. The highest BCUT2D eigenvalue weighted by atomic mass is 35.5. The Kier molecular flexibility index (Phi) is 3.53. The zero-order valence-corrected chi connectivity index (χ0v) is 10.4. The van der Waals surface area contributed by atoms with Crippen LogP contribution in [0.2, 0.25) is 0 Å². The highest BCUT2D eigenvalue weighted by Crippen LogP contribution is 2.16. The summed E-state index contributed by atoms with van der Waals surface area (Å²) in [6.45, 7) is 0. The number of aromatic hydroxyl groups is 1. The van der Waals surface area contributed by atoms with Crippen molar-refractivity contribution in [3.63, 3.8) is 0 Å². The van der Waals surface area contributed by atoms with E-state index in [1.165, 1.54) is 4.68 Å². The van der Waals surface area contributed by atoms with E-state index >= 15 is 0 Å². The van der Waals surface area contributed by atoms with Gasteiger partial charge in [0, 0.05) is 6.07 Å². The standard InChI is InChI=1S/C12H11ClN2O3/c1-18-9-4-2-8(3-5-9)15-12(17)6-11(16)10(7-13)14-15/h2-6,16H,7H2,1H3. The monoisotopic (exact) mass is 266 g/mol. The van der Waals surface area contributed by atoms with Gasteiger partial charge in [-0.2, -0.15) is 9.78 Å². The van der Waals surface area contributed by atoms with Gasteiger partial charge < -0.3 is 9.84 Å². The summed E-state index contributed by atoms with van der Waals surface area (Å²) in [5.74, 6) is 0.519. The molecule has 6 heteroatoms. The molecule has 0 saturated heterocycles. The number of rotatable bonds is 3. The summed E-state index contributed by atoms with van der Waals surface area (Å²) in [5.41, 5.74) is 0.408. The number of aromatic nitrogens is 2. The molecule has 2 aromatic rings. The maximum atomic E-state index is 11.7. The van der Waals surface area contributed by atoms with Crippen molar-refractivity contribution in [2.45, 2.75) is 5.88 Å². The molecule has 18 heavy (non-hydrogen) atoms. The summed E-state index contributed by atoms with van der Waals surface area (Å²) in [6, 6.07) is 7.92. The highest BCUT2D eigenvalue weighted by Gasteiger charge is 2.08. The van der Waals surface area contributed by atoms with Gasteiger partial charge in [-0.15, -0.1) is 11.6 Å². The minimum atomic E-state index is -0.425. The van der Waals surface area contributed by atoms with E-state index in [2.05, 4.69) is 5.10 Å². The molecule has 0 amide bonds. The lowest BCUT2D eigenvalue weighted by molar-refractivity contribution is 0.414. The van der Waals surface area contributed by atoms with E-state index < -0.39 is 5.56 Å². The number of benzene rings is 1. The number of alkyl halides is 1. The van der Waals surface area contributed by atoms with Gasteiger partial charge in [0.25, 0.3) is 5.56 Å². The van der Waals surface area contributed by atoms with Crippen molar-refractivity contribution in [2.75, 3.05) is 7.11 Å². The first-order valence-electron chi connectivity index (χ1n) is 5.18. The molecular formula is C12H11ClN2O3. The maximum absolute atomic E-state index is 11.7. The van der Waals surface area contributed by atoms with Crippen LogP contribution in [0.4, 0.5) is 0 Å². The number of hydrogen-bond donors (Lipinski definition) is 1. The number of halogens is 1. The van der Waals surface area contributed by atoms with Crippen molar-refractivity contribution in [3.8, 4) is 17.2 Å². The minimum Gasteiger partial charge on any atom is -0.506 e. The van der Waals surface area contributed by atoms with Gasteiger partial charge in [0.2, 0.25) is 0 Å². The number of nitrogens with zero attached hydrogens (tertiary/aromatic N) is 2. The Morgan fingerprint density at radius 3 is 2.61 bits per heavy atom. The molecule has 1 aromatic heterocycles. The molecule has 0 spiro atoms. The molecule has 1 N–H and O–H groups in total. The molecule has 2 rings (SSSR count). The second-order valence-electron chi connectivity index (χ2n) is 3.56. The van der Waals surface area contributed by atoms with E-state index in [0.717, 1.165) is 6.07 Å². The summed E-state index contributed by atoms with van der Waals surface area (Å²) < 4.78 is 6.21. The van der Waals surface area contributed by atoms with E-state index in [1.54, 1.807) is 31.4 Å². The third kappa shape index (κ3) is 2.31. The molecule has 94 valence electrons. The van der Waals surface area contributed by atoms with Crippen LogP contribution in [0.5, 0.6) is 11.5 Å². The molecule has 0 aliphatic rings. The van der Waals surface area contributed by atoms with Crippen LogP contribution in [-0.2, 0) is 5.88 Å².